The van der Waals surface area contributed by atoms with E-state index in [1.807, 2.05) is 13.0 Å². The molecule has 0 atom stereocenters. The SMILES string of the molecule is Cc1cc(-c2nc3cc(F)ccc3s2)cc(N=[N+]=[N-])c1N. The molecule has 0 saturated heterocycles. The summed E-state index contributed by atoms with van der Waals surface area (Å²) in [5, 5.41) is 4.32. The third kappa shape index (κ3) is 2.40. The molecule has 5 nitrogen and oxygen atoms in total. The first kappa shape index (κ1) is 13.4. The summed E-state index contributed by atoms with van der Waals surface area (Å²) in [4.78, 5) is 7.19. The van der Waals surface area contributed by atoms with Crippen molar-refractivity contribution in [1.29, 1.82) is 0 Å². The zero-order valence-corrected chi connectivity index (χ0v) is 11.9. The fourth-order valence-corrected chi connectivity index (χ4v) is 2.99. The Labute approximate surface area is 123 Å². The topological polar surface area (TPSA) is 87.7 Å². The number of thiazole rings is 1. The van der Waals surface area contributed by atoms with Crippen LogP contribution in [0.4, 0.5) is 15.8 Å². The summed E-state index contributed by atoms with van der Waals surface area (Å²) in [6.07, 6.45) is 0. The van der Waals surface area contributed by atoms with Crippen LogP contribution in [0.25, 0.3) is 31.2 Å². The van der Waals surface area contributed by atoms with E-state index in [1.165, 1.54) is 23.5 Å². The number of hydrogen-bond donors (Lipinski definition) is 1. The van der Waals surface area contributed by atoms with Gasteiger partial charge in [0.2, 0.25) is 0 Å². The van der Waals surface area contributed by atoms with Gasteiger partial charge in [0.25, 0.3) is 0 Å². The monoisotopic (exact) mass is 299 g/mol. The van der Waals surface area contributed by atoms with Gasteiger partial charge in [-0.3, -0.25) is 0 Å². The molecule has 2 N–H and O–H groups in total. The summed E-state index contributed by atoms with van der Waals surface area (Å²) in [6.45, 7) is 1.84. The van der Waals surface area contributed by atoms with Gasteiger partial charge in [0.1, 0.15) is 10.8 Å². The Hall–Kier alpha value is -2.63. The van der Waals surface area contributed by atoms with Gasteiger partial charge in [-0.15, -0.1) is 11.3 Å². The standard InChI is InChI=1S/C14H10FN5S/c1-7-4-8(5-11(13(7)16)19-20-17)14-18-10-6-9(15)2-3-12(10)21-14/h2-6H,16H2,1H3. The summed E-state index contributed by atoms with van der Waals surface area (Å²) >= 11 is 1.45. The fraction of sp³-hybridized carbons (Fsp3) is 0.0714. The number of anilines is 1. The van der Waals surface area contributed by atoms with Crippen molar-refractivity contribution >= 4 is 32.9 Å². The van der Waals surface area contributed by atoms with E-state index in [9.17, 15) is 4.39 Å². The molecule has 0 aliphatic carbocycles. The zero-order valence-electron chi connectivity index (χ0n) is 11.0. The van der Waals surface area contributed by atoms with Crippen molar-refractivity contribution in [3.63, 3.8) is 0 Å². The number of azide groups is 1. The van der Waals surface area contributed by atoms with E-state index >= 15 is 0 Å². The molecule has 0 saturated carbocycles. The molecule has 0 unspecified atom stereocenters. The van der Waals surface area contributed by atoms with Gasteiger partial charge in [-0.25, -0.2) is 9.37 Å². The summed E-state index contributed by atoms with van der Waals surface area (Å²) < 4.78 is 14.1. The van der Waals surface area contributed by atoms with Crippen LogP contribution in [-0.2, 0) is 0 Å². The van der Waals surface area contributed by atoms with Gasteiger partial charge in [0.15, 0.2) is 0 Å². The van der Waals surface area contributed by atoms with E-state index in [4.69, 9.17) is 11.3 Å². The molecule has 1 heterocycles. The number of hydrogen-bond acceptors (Lipinski definition) is 4. The average Bonchev–Trinajstić information content (AvgIpc) is 2.86. The molecule has 3 rings (SSSR count). The average molecular weight is 299 g/mol. The van der Waals surface area contributed by atoms with Gasteiger partial charge >= 0.3 is 0 Å². The molecular weight excluding hydrogens is 289 g/mol. The second kappa shape index (κ2) is 5.05. The summed E-state index contributed by atoms with van der Waals surface area (Å²) in [5.41, 5.74) is 17.5. The zero-order chi connectivity index (χ0) is 15.0. The molecule has 0 aliphatic heterocycles. The first-order chi connectivity index (χ1) is 10.1. The molecule has 0 spiro atoms. The number of nitrogens with two attached hydrogens (primary N) is 1. The Morgan fingerprint density at radius 3 is 2.90 bits per heavy atom. The molecule has 0 radical (unpaired) electrons. The molecule has 21 heavy (non-hydrogen) atoms. The summed E-state index contributed by atoms with van der Waals surface area (Å²) in [6, 6.07) is 8.07. The number of benzene rings is 2. The van der Waals surface area contributed by atoms with E-state index < -0.39 is 0 Å². The molecule has 0 aliphatic rings. The lowest BCUT2D eigenvalue weighted by Gasteiger charge is -2.06. The second-order valence-corrected chi connectivity index (χ2v) is 5.58. The van der Waals surface area contributed by atoms with Gasteiger partial charge in [-0.05, 0) is 42.3 Å². The first-order valence-corrected chi connectivity index (χ1v) is 6.92. The molecular formula is C14H10FN5S. The van der Waals surface area contributed by atoms with Crippen LogP contribution in [0.1, 0.15) is 5.56 Å². The highest BCUT2D eigenvalue weighted by Crippen LogP contribution is 2.36. The Balaban J connectivity index is 2.20. The third-order valence-corrected chi connectivity index (χ3v) is 4.20. The van der Waals surface area contributed by atoms with Crippen molar-refractivity contribution in [3.8, 4) is 10.6 Å². The van der Waals surface area contributed by atoms with E-state index in [2.05, 4.69) is 15.0 Å². The van der Waals surface area contributed by atoms with Gasteiger partial charge in [0, 0.05) is 22.2 Å². The number of nitrogen functional groups attached to an aromatic ring is 1. The maximum absolute atomic E-state index is 13.2. The minimum atomic E-state index is -0.317. The third-order valence-electron chi connectivity index (χ3n) is 3.11. The number of aromatic nitrogens is 1. The molecule has 2 aromatic carbocycles. The normalized spacial score (nSPS) is 10.6. The Kier molecular flexibility index (Phi) is 3.21. The van der Waals surface area contributed by atoms with E-state index in [-0.39, 0.29) is 5.82 Å². The largest absolute Gasteiger partial charge is 0.398 e. The van der Waals surface area contributed by atoms with Crippen LogP contribution >= 0.6 is 11.3 Å². The minimum Gasteiger partial charge on any atom is -0.398 e. The number of fused-ring (bicyclic) bond motifs is 1. The predicted molar refractivity (Wildman–Crippen MR) is 83.0 cm³/mol. The minimum absolute atomic E-state index is 0.317. The molecule has 0 amide bonds. The van der Waals surface area contributed by atoms with Crippen molar-refractivity contribution in [2.24, 2.45) is 5.11 Å². The van der Waals surface area contributed by atoms with Gasteiger partial charge in [0.05, 0.1) is 15.9 Å². The van der Waals surface area contributed by atoms with Crippen LogP contribution in [0.2, 0.25) is 0 Å². The first-order valence-electron chi connectivity index (χ1n) is 6.10. The highest BCUT2D eigenvalue weighted by Gasteiger charge is 2.10. The maximum atomic E-state index is 13.2. The van der Waals surface area contributed by atoms with E-state index in [0.717, 1.165) is 20.8 Å². The van der Waals surface area contributed by atoms with Crippen LogP contribution in [-0.4, -0.2) is 4.98 Å². The summed E-state index contributed by atoms with van der Waals surface area (Å²) in [7, 11) is 0. The number of nitrogens with zero attached hydrogens (tertiary/aromatic N) is 4. The number of rotatable bonds is 2. The lowest BCUT2D eigenvalue weighted by molar-refractivity contribution is 0.629. The van der Waals surface area contributed by atoms with Crippen molar-refractivity contribution in [1.82, 2.24) is 4.98 Å². The van der Waals surface area contributed by atoms with Crippen molar-refractivity contribution in [2.45, 2.75) is 6.92 Å². The van der Waals surface area contributed by atoms with E-state index in [0.29, 0.717) is 16.9 Å². The quantitative estimate of drug-likeness (QED) is 0.314. The maximum Gasteiger partial charge on any atom is 0.125 e. The Morgan fingerprint density at radius 2 is 2.14 bits per heavy atom. The fourth-order valence-electron chi connectivity index (χ4n) is 2.06. The van der Waals surface area contributed by atoms with Crippen LogP contribution in [0, 0.1) is 12.7 Å². The predicted octanol–water partition coefficient (Wildman–Crippen LogP) is 4.93. The number of aryl methyl sites for hydroxylation is 1. The molecule has 7 heteroatoms. The molecule has 104 valence electrons. The molecule has 1 aromatic heterocycles. The van der Waals surface area contributed by atoms with Crippen molar-refractivity contribution in [3.05, 3.63) is 52.2 Å². The van der Waals surface area contributed by atoms with Gasteiger partial charge in [-0.1, -0.05) is 5.11 Å². The highest BCUT2D eigenvalue weighted by atomic mass is 32.1. The van der Waals surface area contributed by atoms with Gasteiger partial charge < -0.3 is 5.73 Å². The lowest BCUT2D eigenvalue weighted by atomic mass is 10.1. The van der Waals surface area contributed by atoms with Crippen LogP contribution in [0.5, 0.6) is 0 Å². The Bertz CT molecular complexity index is 896. The van der Waals surface area contributed by atoms with Crippen molar-refractivity contribution < 1.29 is 4.39 Å². The van der Waals surface area contributed by atoms with E-state index in [1.54, 1.807) is 12.1 Å². The highest BCUT2D eigenvalue weighted by molar-refractivity contribution is 7.21. The van der Waals surface area contributed by atoms with Crippen LogP contribution < -0.4 is 5.73 Å². The lowest BCUT2D eigenvalue weighted by Crippen LogP contribution is -1.91. The molecule has 3 aromatic rings. The molecule has 0 fully saturated rings. The smallest absolute Gasteiger partial charge is 0.125 e. The second-order valence-electron chi connectivity index (χ2n) is 4.55. The van der Waals surface area contributed by atoms with Gasteiger partial charge in [-0.2, -0.15) is 0 Å². The molecule has 0 bridgehead atoms. The summed E-state index contributed by atoms with van der Waals surface area (Å²) in [5.74, 6) is -0.317. The van der Waals surface area contributed by atoms with Crippen LogP contribution in [0.3, 0.4) is 0 Å². The van der Waals surface area contributed by atoms with Crippen LogP contribution in [0.15, 0.2) is 35.4 Å². The Morgan fingerprint density at radius 1 is 1.33 bits per heavy atom. The number of halogens is 1. The van der Waals surface area contributed by atoms with Crippen molar-refractivity contribution in [2.75, 3.05) is 5.73 Å².